The SMILES string of the molecule is COc1c(C)c(C)cc(C2(C(=O)O)CC2)c1O. The van der Waals surface area contributed by atoms with Gasteiger partial charge in [-0.25, -0.2) is 0 Å². The lowest BCUT2D eigenvalue weighted by atomic mass is 9.91. The molecule has 1 fully saturated rings. The molecule has 92 valence electrons. The molecule has 2 N–H and O–H groups in total. The van der Waals surface area contributed by atoms with Gasteiger partial charge in [0.15, 0.2) is 11.5 Å². The lowest BCUT2D eigenvalue weighted by Crippen LogP contribution is -2.20. The first-order chi connectivity index (χ1) is 7.94. The molecule has 0 bridgehead atoms. The first kappa shape index (κ1) is 11.8. The van der Waals surface area contributed by atoms with Crippen LogP contribution in [0.4, 0.5) is 0 Å². The average molecular weight is 236 g/mol. The van der Waals surface area contributed by atoms with Gasteiger partial charge in [-0.15, -0.1) is 0 Å². The van der Waals surface area contributed by atoms with E-state index in [1.165, 1.54) is 7.11 Å². The predicted octanol–water partition coefficient (Wildman–Crippen LogP) is 2.13. The Hall–Kier alpha value is -1.71. The minimum atomic E-state index is -0.907. The van der Waals surface area contributed by atoms with Crippen molar-refractivity contribution in [2.75, 3.05) is 7.11 Å². The molecule has 0 atom stereocenters. The van der Waals surface area contributed by atoms with Crippen LogP contribution in [-0.4, -0.2) is 23.3 Å². The summed E-state index contributed by atoms with van der Waals surface area (Å²) in [5, 5.41) is 19.4. The van der Waals surface area contributed by atoms with E-state index in [0.29, 0.717) is 24.2 Å². The molecular weight excluding hydrogens is 220 g/mol. The summed E-state index contributed by atoms with van der Waals surface area (Å²) in [6, 6.07) is 1.76. The number of aryl methyl sites for hydroxylation is 1. The van der Waals surface area contributed by atoms with Gasteiger partial charge in [0.2, 0.25) is 0 Å². The summed E-state index contributed by atoms with van der Waals surface area (Å²) in [5.41, 5.74) is 1.34. The van der Waals surface area contributed by atoms with Crippen molar-refractivity contribution in [1.29, 1.82) is 0 Å². The van der Waals surface area contributed by atoms with Crippen molar-refractivity contribution in [3.8, 4) is 11.5 Å². The van der Waals surface area contributed by atoms with E-state index in [0.717, 1.165) is 11.1 Å². The number of aliphatic carboxylic acids is 1. The molecule has 1 aliphatic rings. The highest BCUT2D eigenvalue weighted by Crippen LogP contribution is 2.54. The highest BCUT2D eigenvalue weighted by molar-refractivity contribution is 5.86. The second kappa shape index (κ2) is 3.65. The minimum absolute atomic E-state index is 0.0319. The molecule has 2 rings (SSSR count). The maximum absolute atomic E-state index is 11.3. The van der Waals surface area contributed by atoms with Gasteiger partial charge in [0.05, 0.1) is 12.5 Å². The second-order valence-corrected chi connectivity index (χ2v) is 4.64. The fourth-order valence-electron chi connectivity index (χ4n) is 2.21. The molecular formula is C13H16O4. The van der Waals surface area contributed by atoms with Crippen molar-refractivity contribution in [3.05, 3.63) is 22.8 Å². The number of rotatable bonds is 3. The fourth-order valence-corrected chi connectivity index (χ4v) is 2.21. The maximum atomic E-state index is 11.3. The van der Waals surface area contributed by atoms with Crippen LogP contribution in [0.15, 0.2) is 6.07 Å². The van der Waals surface area contributed by atoms with Gasteiger partial charge in [-0.3, -0.25) is 4.79 Å². The molecule has 1 aliphatic carbocycles. The predicted molar refractivity (Wildman–Crippen MR) is 62.7 cm³/mol. The Kier molecular flexibility index (Phi) is 2.53. The highest BCUT2D eigenvalue weighted by Gasteiger charge is 2.53. The zero-order valence-corrected chi connectivity index (χ0v) is 10.2. The van der Waals surface area contributed by atoms with E-state index in [-0.39, 0.29) is 5.75 Å². The smallest absolute Gasteiger partial charge is 0.314 e. The molecule has 1 aromatic rings. The monoisotopic (exact) mass is 236 g/mol. The van der Waals surface area contributed by atoms with Gasteiger partial charge >= 0.3 is 5.97 Å². The molecule has 1 aromatic carbocycles. The summed E-state index contributed by atoms with van der Waals surface area (Å²) in [6.07, 6.45) is 1.14. The van der Waals surface area contributed by atoms with Gasteiger partial charge < -0.3 is 14.9 Å². The summed E-state index contributed by atoms with van der Waals surface area (Å²) in [5.74, 6) is -0.527. The Morgan fingerprint density at radius 1 is 1.41 bits per heavy atom. The first-order valence-corrected chi connectivity index (χ1v) is 5.55. The number of carboxylic acids is 1. The number of ether oxygens (including phenoxy) is 1. The molecule has 0 saturated heterocycles. The van der Waals surface area contributed by atoms with E-state index in [9.17, 15) is 15.0 Å². The number of carboxylic acid groups (broad SMARTS) is 1. The lowest BCUT2D eigenvalue weighted by Gasteiger charge is -2.18. The summed E-state index contributed by atoms with van der Waals surface area (Å²) in [4.78, 5) is 11.3. The molecule has 0 aromatic heterocycles. The highest BCUT2D eigenvalue weighted by atomic mass is 16.5. The summed E-state index contributed by atoms with van der Waals surface area (Å²) in [6.45, 7) is 3.73. The molecule has 0 aliphatic heterocycles. The Balaban J connectivity index is 2.64. The topological polar surface area (TPSA) is 66.8 Å². The van der Waals surface area contributed by atoms with Crippen molar-refractivity contribution < 1.29 is 19.7 Å². The van der Waals surface area contributed by atoms with Gasteiger partial charge in [0.25, 0.3) is 0 Å². The average Bonchev–Trinajstić information content (AvgIpc) is 3.05. The number of hydrogen-bond acceptors (Lipinski definition) is 3. The van der Waals surface area contributed by atoms with Gasteiger partial charge in [0, 0.05) is 5.56 Å². The van der Waals surface area contributed by atoms with Gasteiger partial charge in [0.1, 0.15) is 0 Å². The van der Waals surface area contributed by atoms with E-state index in [1.807, 2.05) is 13.8 Å². The van der Waals surface area contributed by atoms with E-state index >= 15 is 0 Å². The molecule has 0 heterocycles. The third-order valence-electron chi connectivity index (χ3n) is 3.64. The number of phenols is 1. The molecule has 0 spiro atoms. The number of hydrogen-bond donors (Lipinski definition) is 2. The Bertz CT molecular complexity index is 487. The third kappa shape index (κ3) is 1.55. The van der Waals surface area contributed by atoms with Crippen LogP contribution in [0.2, 0.25) is 0 Å². The molecule has 0 unspecified atom stereocenters. The Morgan fingerprint density at radius 2 is 2.00 bits per heavy atom. The summed E-state index contributed by atoms with van der Waals surface area (Å²) >= 11 is 0. The quantitative estimate of drug-likeness (QED) is 0.843. The van der Waals surface area contributed by atoms with Crippen molar-refractivity contribution in [2.45, 2.75) is 32.1 Å². The fraction of sp³-hybridized carbons (Fsp3) is 0.462. The maximum Gasteiger partial charge on any atom is 0.314 e. The van der Waals surface area contributed by atoms with Gasteiger partial charge in [-0.05, 0) is 37.8 Å². The third-order valence-corrected chi connectivity index (χ3v) is 3.64. The largest absolute Gasteiger partial charge is 0.504 e. The standard InChI is InChI=1S/C13H16O4/c1-7-6-9(13(4-5-13)12(15)16)10(14)11(17-3)8(7)2/h6,14H,4-5H2,1-3H3,(H,15,16). The van der Waals surface area contributed by atoms with Crippen LogP contribution in [0.3, 0.4) is 0 Å². The van der Waals surface area contributed by atoms with Crippen molar-refractivity contribution in [1.82, 2.24) is 0 Å². The molecule has 17 heavy (non-hydrogen) atoms. The van der Waals surface area contributed by atoms with Crippen molar-refractivity contribution in [3.63, 3.8) is 0 Å². The Labute approximate surface area is 99.8 Å². The molecule has 0 amide bonds. The lowest BCUT2D eigenvalue weighted by molar-refractivity contribution is -0.140. The number of phenolic OH excluding ortho intramolecular Hbond substituents is 1. The first-order valence-electron chi connectivity index (χ1n) is 5.55. The van der Waals surface area contributed by atoms with Crippen molar-refractivity contribution in [2.24, 2.45) is 0 Å². The van der Waals surface area contributed by atoms with Crippen LogP contribution >= 0.6 is 0 Å². The van der Waals surface area contributed by atoms with Crippen LogP contribution in [0.5, 0.6) is 11.5 Å². The van der Waals surface area contributed by atoms with Crippen LogP contribution < -0.4 is 4.74 Å². The van der Waals surface area contributed by atoms with Gasteiger partial charge in [-0.2, -0.15) is 0 Å². The zero-order chi connectivity index (χ0) is 12.8. The van der Waals surface area contributed by atoms with E-state index < -0.39 is 11.4 Å². The molecule has 0 radical (unpaired) electrons. The second-order valence-electron chi connectivity index (χ2n) is 4.64. The number of aromatic hydroxyl groups is 1. The van der Waals surface area contributed by atoms with Crippen LogP contribution in [0.1, 0.15) is 29.5 Å². The van der Waals surface area contributed by atoms with Crippen LogP contribution in [0.25, 0.3) is 0 Å². The number of carbonyl (C=O) groups is 1. The molecule has 4 nitrogen and oxygen atoms in total. The van der Waals surface area contributed by atoms with E-state index in [2.05, 4.69) is 0 Å². The van der Waals surface area contributed by atoms with Crippen molar-refractivity contribution >= 4 is 5.97 Å². The normalized spacial score (nSPS) is 16.6. The summed E-state index contributed by atoms with van der Waals surface area (Å²) < 4.78 is 5.16. The minimum Gasteiger partial charge on any atom is -0.504 e. The molecule has 4 heteroatoms. The van der Waals surface area contributed by atoms with Crippen LogP contribution in [-0.2, 0) is 10.2 Å². The number of benzene rings is 1. The zero-order valence-electron chi connectivity index (χ0n) is 10.2. The Morgan fingerprint density at radius 3 is 2.41 bits per heavy atom. The van der Waals surface area contributed by atoms with Gasteiger partial charge in [-0.1, -0.05) is 6.07 Å². The summed E-state index contributed by atoms with van der Waals surface area (Å²) in [7, 11) is 1.48. The van der Waals surface area contributed by atoms with Crippen LogP contribution in [0, 0.1) is 13.8 Å². The number of methoxy groups -OCH3 is 1. The molecule has 1 saturated carbocycles. The van der Waals surface area contributed by atoms with E-state index in [4.69, 9.17) is 4.74 Å². The van der Waals surface area contributed by atoms with E-state index in [1.54, 1.807) is 6.07 Å².